The second-order valence-electron chi connectivity index (χ2n) is 5.87. The Labute approximate surface area is 118 Å². The van der Waals surface area contributed by atoms with E-state index in [9.17, 15) is 18.0 Å². The first kappa shape index (κ1) is 14.3. The second-order valence-corrected chi connectivity index (χ2v) is 5.87. The Morgan fingerprint density at radius 3 is 2.67 bits per heavy atom. The molecule has 2 heterocycles. The summed E-state index contributed by atoms with van der Waals surface area (Å²) in [7, 11) is 0. The van der Waals surface area contributed by atoms with Crippen LogP contribution in [0, 0.1) is 5.41 Å². The summed E-state index contributed by atoms with van der Waals surface area (Å²) in [5, 5.41) is 10.2. The fourth-order valence-electron chi connectivity index (χ4n) is 2.79. The van der Waals surface area contributed by atoms with Gasteiger partial charge in [-0.3, -0.25) is 0 Å². The molecule has 0 amide bonds. The van der Waals surface area contributed by atoms with Gasteiger partial charge in [0.1, 0.15) is 5.70 Å². The van der Waals surface area contributed by atoms with E-state index in [1.54, 1.807) is 0 Å². The summed E-state index contributed by atoms with van der Waals surface area (Å²) in [5.41, 5.74) is -1.27. The van der Waals surface area contributed by atoms with E-state index in [-0.39, 0.29) is 17.2 Å². The molecule has 1 spiro atoms. The number of hydrogen-bond donors (Lipinski definition) is 1. The highest BCUT2D eigenvalue weighted by Crippen LogP contribution is 2.47. The third-order valence-corrected chi connectivity index (χ3v) is 3.99. The Bertz CT molecular complexity index is 520. The Morgan fingerprint density at radius 2 is 2.14 bits per heavy atom. The summed E-state index contributed by atoms with van der Waals surface area (Å²) in [4.78, 5) is 11.0. The van der Waals surface area contributed by atoms with Crippen LogP contribution in [-0.2, 0) is 14.3 Å². The molecular weight excluding hydrogens is 291 g/mol. The number of alkyl halides is 3. The molecule has 21 heavy (non-hydrogen) atoms. The molecular formula is C12H14F3N3O3. The van der Waals surface area contributed by atoms with Crippen molar-refractivity contribution in [1.29, 1.82) is 0 Å². The van der Waals surface area contributed by atoms with Crippen LogP contribution in [-0.4, -0.2) is 37.1 Å². The fourth-order valence-corrected chi connectivity index (χ4v) is 2.79. The summed E-state index contributed by atoms with van der Waals surface area (Å²) < 4.78 is 46.5. The van der Waals surface area contributed by atoms with Crippen LogP contribution in [0.15, 0.2) is 22.1 Å². The van der Waals surface area contributed by atoms with Crippen molar-refractivity contribution < 1.29 is 27.4 Å². The number of carbonyl (C=O) groups is 1. The molecule has 1 atom stereocenters. The monoisotopic (exact) mass is 305 g/mol. The number of hydrogen-bond acceptors (Lipinski definition) is 6. The molecule has 2 aliphatic heterocycles. The lowest BCUT2D eigenvalue weighted by atomic mass is 9.64. The third-order valence-electron chi connectivity index (χ3n) is 3.99. The van der Waals surface area contributed by atoms with Crippen molar-refractivity contribution in [2.24, 2.45) is 15.6 Å². The highest BCUT2D eigenvalue weighted by molar-refractivity contribution is 5.76. The first-order chi connectivity index (χ1) is 9.73. The Hall–Kier alpha value is -1.64. The van der Waals surface area contributed by atoms with E-state index in [0.717, 1.165) is 26.1 Å². The van der Waals surface area contributed by atoms with Crippen LogP contribution < -0.4 is 5.32 Å². The molecule has 9 heteroatoms. The summed E-state index contributed by atoms with van der Waals surface area (Å²) in [6.45, 7) is 2.71. The van der Waals surface area contributed by atoms with Gasteiger partial charge in [0, 0.05) is 18.4 Å². The first-order valence-corrected chi connectivity index (χ1v) is 6.50. The highest BCUT2D eigenvalue weighted by Gasteiger charge is 2.52. The number of carbonyl (C=O) groups excluding carboxylic acids is 1. The van der Waals surface area contributed by atoms with E-state index in [0.29, 0.717) is 0 Å². The van der Waals surface area contributed by atoms with Crippen molar-refractivity contribution in [1.82, 2.24) is 5.32 Å². The van der Waals surface area contributed by atoms with Crippen LogP contribution >= 0.6 is 0 Å². The van der Waals surface area contributed by atoms with Crippen LogP contribution in [0.4, 0.5) is 13.2 Å². The van der Waals surface area contributed by atoms with Gasteiger partial charge in [-0.2, -0.15) is 18.3 Å². The van der Waals surface area contributed by atoms with Gasteiger partial charge >= 0.3 is 12.1 Å². The second kappa shape index (κ2) is 4.43. The zero-order valence-corrected chi connectivity index (χ0v) is 11.2. The summed E-state index contributed by atoms with van der Waals surface area (Å²) >= 11 is 0. The highest BCUT2D eigenvalue weighted by atomic mass is 19.4. The van der Waals surface area contributed by atoms with Crippen LogP contribution in [0.2, 0.25) is 0 Å². The standard InChI is InChI=1S/C12H14F3N3O3/c1-10(21-9(19)12(13,14)15)8(4-16-18-10)17-7-2-11(3-7)5-20-6-11/h4,7,17H,2-3,5-6H2,1H3. The van der Waals surface area contributed by atoms with Gasteiger partial charge in [-0.1, -0.05) is 0 Å². The number of esters is 1. The first-order valence-electron chi connectivity index (χ1n) is 6.50. The van der Waals surface area contributed by atoms with Crippen molar-refractivity contribution in [2.75, 3.05) is 13.2 Å². The molecule has 1 N–H and O–H groups in total. The maximum absolute atomic E-state index is 12.3. The Kier molecular flexibility index (Phi) is 3.01. The molecule has 116 valence electrons. The maximum Gasteiger partial charge on any atom is 0.491 e. The summed E-state index contributed by atoms with van der Waals surface area (Å²) in [5.74, 6) is -2.28. The lowest BCUT2D eigenvalue weighted by molar-refractivity contribution is -0.210. The van der Waals surface area contributed by atoms with Crippen LogP contribution in [0.5, 0.6) is 0 Å². The molecule has 3 aliphatic rings. The molecule has 1 aliphatic carbocycles. The predicted octanol–water partition coefficient (Wildman–Crippen LogP) is 1.88. The fraction of sp³-hybridized carbons (Fsp3) is 0.750. The molecule has 0 radical (unpaired) electrons. The van der Waals surface area contributed by atoms with Crippen molar-refractivity contribution in [2.45, 2.75) is 37.7 Å². The van der Waals surface area contributed by atoms with Crippen molar-refractivity contribution in [3.05, 3.63) is 11.9 Å². The van der Waals surface area contributed by atoms with E-state index < -0.39 is 17.9 Å². The van der Waals surface area contributed by atoms with E-state index in [1.807, 2.05) is 0 Å². The largest absolute Gasteiger partial charge is 0.491 e. The number of rotatable bonds is 3. The molecule has 1 saturated carbocycles. The van der Waals surface area contributed by atoms with Gasteiger partial charge in [-0.25, -0.2) is 4.79 Å². The average molecular weight is 305 g/mol. The van der Waals surface area contributed by atoms with Crippen molar-refractivity contribution >= 4 is 5.97 Å². The molecule has 1 saturated heterocycles. The van der Waals surface area contributed by atoms with Gasteiger partial charge in [0.25, 0.3) is 5.72 Å². The van der Waals surface area contributed by atoms with Gasteiger partial charge in [0.05, 0.1) is 19.4 Å². The quantitative estimate of drug-likeness (QED) is 0.808. The zero-order valence-electron chi connectivity index (χ0n) is 11.2. The molecule has 1 unspecified atom stereocenters. The van der Waals surface area contributed by atoms with Crippen LogP contribution in [0.3, 0.4) is 0 Å². The minimum absolute atomic E-state index is 0.104. The summed E-state index contributed by atoms with van der Waals surface area (Å²) in [6, 6.07) is 0.104. The van der Waals surface area contributed by atoms with Gasteiger partial charge in [0.2, 0.25) is 0 Å². The van der Waals surface area contributed by atoms with Gasteiger partial charge in [-0.15, -0.1) is 5.11 Å². The minimum Gasteiger partial charge on any atom is -0.423 e. The lowest BCUT2D eigenvalue weighted by Crippen LogP contribution is -2.59. The van der Waals surface area contributed by atoms with Gasteiger partial charge < -0.3 is 14.8 Å². The van der Waals surface area contributed by atoms with Crippen LogP contribution in [0.25, 0.3) is 0 Å². The van der Waals surface area contributed by atoms with E-state index in [1.165, 1.54) is 13.1 Å². The van der Waals surface area contributed by atoms with E-state index in [2.05, 4.69) is 20.3 Å². The molecule has 6 nitrogen and oxygen atoms in total. The number of ether oxygens (including phenoxy) is 2. The number of nitrogens with zero attached hydrogens (tertiary/aromatic N) is 2. The SMILES string of the molecule is CC1(OC(=O)C(F)(F)F)N=NC=C1NC1CC2(COC2)C1. The maximum atomic E-state index is 12.3. The van der Waals surface area contributed by atoms with E-state index in [4.69, 9.17) is 4.74 Å². The molecule has 0 aromatic heterocycles. The summed E-state index contributed by atoms with van der Waals surface area (Å²) in [6.07, 6.45) is -2.04. The number of azo groups is 1. The number of nitrogens with one attached hydrogen (secondary N) is 1. The number of halogens is 3. The molecule has 3 rings (SSSR count). The zero-order chi connectivity index (χ0) is 15.3. The molecule has 0 aromatic carbocycles. The molecule has 0 aromatic rings. The Morgan fingerprint density at radius 1 is 1.48 bits per heavy atom. The minimum atomic E-state index is -5.06. The van der Waals surface area contributed by atoms with Crippen molar-refractivity contribution in [3.8, 4) is 0 Å². The van der Waals surface area contributed by atoms with Gasteiger partial charge in [0.15, 0.2) is 0 Å². The lowest BCUT2D eigenvalue weighted by Gasteiger charge is -2.53. The normalized spacial score (nSPS) is 30.6. The molecule has 0 bridgehead atoms. The van der Waals surface area contributed by atoms with E-state index >= 15 is 0 Å². The van der Waals surface area contributed by atoms with Gasteiger partial charge in [-0.05, 0) is 12.8 Å². The Balaban J connectivity index is 1.59. The smallest absolute Gasteiger partial charge is 0.423 e. The topological polar surface area (TPSA) is 72.3 Å². The third kappa shape index (κ3) is 2.50. The van der Waals surface area contributed by atoms with Crippen molar-refractivity contribution in [3.63, 3.8) is 0 Å². The molecule has 2 fully saturated rings. The average Bonchev–Trinajstić information content (AvgIpc) is 2.60. The van der Waals surface area contributed by atoms with Crippen LogP contribution in [0.1, 0.15) is 19.8 Å². The predicted molar refractivity (Wildman–Crippen MR) is 62.9 cm³/mol.